The Kier molecular flexibility index (Phi) is 1.79. The lowest BCUT2D eigenvalue weighted by Crippen LogP contribution is -1.83. The number of aromatic nitrogens is 2. The van der Waals surface area contributed by atoms with Gasteiger partial charge in [-0.3, -0.25) is 4.40 Å². The summed E-state index contributed by atoms with van der Waals surface area (Å²) in [5.41, 5.74) is 2.40. The smallest absolute Gasteiger partial charge is 0.139 e. The maximum absolute atomic E-state index is 13.1. The lowest BCUT2D eigenvalue weighted by Gasteiger charge is -1.95. The minimum absolute atomic E-state index is 0.243. The average molecular weight is 265 g/mol. The van der Waals surface area contributed by atoms with Crippen molar-refractivity contribution in [1.29, 1.82) is 0 Å². The molecule has 0 aliphatic carbocycles. The molecule has 0 aliphatic heterocycles. The van der Waals surface area contributed by atoms with Gasteiger partial charge in [-0.15, -0.1) is 0 Å². The highest BCUT2D eigenvalue weighted by Crippen LogP contribution is 2.20. The number of hydrogen-bond donors (Lipinski definition) is 0. The van der Waals surface area contributed by atoms with Gasteiger partial charge in [0.15, 0.2) is 0 Å². The second-order valence-electron chi connectivity index (χ2n) is 3.32. The van der Waals surface area contributed by atoms with Gasteiger partial charge in [-0.05, 0) is 24.3 Å². The quantitative estimate of drug-likeness (QED) is 0.609. The Balaban J connectivity index is 2.53. The second kappa shape index (κ2) is 3.03. The van der Waals surface area contributed by atoms with Gasteiger partial charge in [0.2, 0.25) is 0 Å². The van der Waals surface area contributed by atoms with Crippen molar-refractivity contribution in [3.8, 4) is 0 Å². The van der Waals surface area contributed by atoms with E-state index in [9.17, 15) is 4.39 Å². The predicted octanol–water partition coefficient (Wildman–Crippen LogP) is 3.39. The van der Waals surface area contributed by atoms with Gasteiger partial charge < -0.3 is 0 Å². The van der Waals surface area contributed by atoms with Crippen LogP contribution in [0.15, 0.2) is 41.0 Å². The van der Waals surface area contributed by atoms with E-state index >= 15 is 0 Å². The second-order valence-corrected chi connectivity index (χ2v) is 4.23. The number of rotatable bonds is 0. The summed E-state index contributed by atoms with van der Waals surface area (Å²) in [7, 11) is 0. The number of pyridine rings is 1. The summed E-state index contributed by atoms with van der Waals surface area (Å²) in [6.45, 7) is 0. The zero-order valence-corrected chi connectivity index (χ0v) is 9.20. The highest BCUT2D eigenvalue weighted by atomic mass is 79.9. The lowest BCUT2D eigenvalue weighted by molar-refractivity contribution is 0.629. The fourth-order valence-electron chi connectivity index (χ4n) is 1.66. The third-order valence-electron chi connectivity index (χ3n) is 2.33. The molecule has 2 nitrogen and oxygen atoms in total. The zero-order valence-electron chi connectivity index (χ0n) is 7.61. The number of imidazole rings is 1. The first-order chi connectivity index (χ1) is 7.24. The van der Waals surface area contributed by atoms with Crippen molar-refractivity contribution in [2.45, 2.75) is 0 Å². The summed E-state index contributed by atoms with van der Waals surface area (Å²) in [6, 6.07) is 8.40. The van der Waals surface area contributed by atoms with E-state index in [0.29, 0.717) is 0 Å². The van der Waals surface area contributed by atoms with E-state index in [-0.39, 0.29) is 5.82 Å². The number of hydrogen-bond acceptors (Lipinski definition) is 1. The van der Waals surface area contributed by atoms with E-state index in [2.05, 4.69) is 20.9 Å². The van der Waals surface area contributed by atoms with Crippen LogP contribution in [-0.4, -0.2) is 9.38 Å². The van der Waals surface area contributed by atoms with Gasteiger partial charge in [0.05, 0.1) is 11.0 Å². The molecule has 74 valence electrons. The maximum atomic E-state index is 13.1. The van der Waals surface area contributed by atoms with Crippen LogP contribution in [0.3, 0.4) is 0 Å². The van der Waals surface area contributed by atoms with Crippen LogP contribution >= 0.6 is 15.9 Å². The van der Waals surface area contributed by atoms with Crippen LogP contribution in [0.2, 0.25) is 0 Å². The standard InChI is InChI=1S/C11H6BrFN2/c12-7-3-4-15-10-6-8(13)1-2-9(10)14-11(15)5-7/h1-6H. The first-order valence-corrected chi connectivity index (χ1v) is 5.26. The Morgan fingerprint density at radius 2 is 2.07 bits per heavy atom. The van der Waals surface area contributed by atoms with Crippen molar-refractivity contribution in [3.63, 3.8) is 0 Å². The van der Waals surface area contributed by atoms with Gasteiger partial charge in [0.25, 0.3) is 0 Å². The fraction of sp³-hybridized carbons (Fsp3) is 0. The number of nitrogens with zero attached hydrogens (tertiary/aromatic N) is 2. The Morgan fingerprint density at radius 3 is 2.93 bits per heavy atom. The van der Waals surface area contributed by atoms with E-state index < -0.39 is 0 Å². The van der Waals surface area contributed by atoms with Crippen molar-refractivity contribution < 1.29 is 4.39 Å². The molecule has 15 heavy (non-hydrogen) atoms. The van der Waals surface area contributed by atoms with Crippen molar-refractivity contribution in [3.05, 3.63) is 46.8 Å². The molecule has 0 bridgehead atoms. The highest BCUT2D eigenvalue weighted by Gasteiger charge is 2.04. The third-order valence-corrected chi connectivity index (χ3v) is 2.82. The Hall–Kier alpha value is -1.42. The molecule has 2 aromatic heterocycles. The molecule has 3 aromatic rings. The predicted molar refractivity (Wildman–Crippen MR) is 60.4 cm³/mol. The molecular weight excluding hydrogens is 259 g/mol. The van der Waals surface area contributed by atoms with Gasteiger partial charge >= 0.3 is 0 Å². The molecule has 3 rings (SSSR count). The summed E-state index contributed by atoms with van der Waals surface area (Å²) in [6.07, 6.45) is 1.87. The molecule has 0 saturated heterocycles. The molecule has 2 heterocycles. The van der Waals surface area contributed by atoms with Crippen LogP contribution in [0.5, 0.6) is 0 Å². The van der Waals surface area contributed by atoms with Gasteiger partial charge in [-0.1, -0.05) is 15.9 Å². The van der Waals surface area contributed by atoms with Crippen LogP contribution in [0.1, 0.15) is 0 Å². The molecule has 4 heteroatoms. The highest BCUT2D eigenvalue weighted by molar-refractivity contribution is 9.10. The average Bonchev–Trinajstić information content (AvgIpc) is 2.54. The van der Waals surface area contributed by atoms with E-state index in [1.165, 1.54) is 12.1 Å². The van der Waals surface area contributed by atoms with E-state index in [4.69, 9.17) is 0 Å². The fourth-order valence-corrected chi connectivity index (χ4v) is 1.98. The molecule has 0 atom stereocenters. The minimum Gasteiger partial charge on any atom is -0.299 e. The number of halogens is 2. The van der Waals surface area contributed by atoms with Crippen LogP contribution in [-0.2, 0) is 0 Å². The van der Waals surface area contributed by atoms with Crippen molar-refractivity contribution in [2.75, 3.05) is 0 Å². The molecule has 0 aliphatic rings. The van der Waals surface area contributed by atoms with E-state index in [0.717, 1.165) is 21.2 Å². The minimum atomic E-state index is -0.243. The molecule has 0 N–H and O–H groups in total. The Morgan fingerprint density at radius 1 is 1.20 bits per heavy atom. The molecular formula is C11H6BrFN2. The van der Waals surface area contributed by atoms with E-state index in [1.807, 2.05) is 22.7 Å². The summed E-state index contributed by atoms with van der Waals surface area (Å²) in [5, 5.41) is 0. The van der Waals surface area contributed by atoms with E-state index in [1.54, 1.807) is 6.07 Å². The normalized spacial score (nSPS) is 11.3. The first kappa shape index (κ1) is 8.85. The molecule has 0 saturated carbocycles. The van der Waals surface area contributed by atoms with Crippen molar-refractivity contribution in [1.82, 2.24) is 9.38 Å². The molecule has 0 radical (unpaired) electrons. The maximum Gasteiger partial charge on any atom is 0.139 e. The molecule has 0 amide bonds. The summed E-state index contributed by atoms with van der Waals surface area (Å²) in [4.78, 5) is 4.38. The monoisotopic (exact) mass is 264 g/mol. The summed E-state index contributed by atoms with van der Waals surface area (Å²) >= 11 is 3.38. The van der Waals surface area contributed by atoms with Gasteiger partial charge in [0, 0.05) is 16.7 Å². The lowest BCUT2D eigenvalue weighted by atomic mass is 10.3. The van der Waals surface area contributed by atoms with Gasteiger partial charge in [0.1, 0.15) is 11.5 Å². The summed E-state index contributed by atoms with van der Waals surface area (Å²) < 4.78 is 15.9. The third kappa shape index (κ3) is 1.33. The van der Waals surface area contributed by atoms with Crippen LogP contribution in [0.25, 0.3) is 16.7 Å². The Labute approximate surface area is 93.5 Å². The van der Waals surface area contributed by atoms with Crippen LogP contribution in [0.4, 0.5) is 4.39 Å². The SMILES string of the molecule is Fc1ccc2nc3cc(Br)ccn3c2c1. The van der Waals surface area contributed by atoms with Crippen molar-refractivity contribution >= 4 is 32.6 Å². The van der Waals surface area contributed by atoms with Gasteiger partial charge in [-0.2, -0.15) is 0 Å². The topological polar surface area (TPSA) is 17.3 Å². The van der Waals surface area contributed by atoms with Crippen LogP contribution < -0.4 is 0 Å². The molecule has 0 fully saturated rings. The zero-order chi connectivity index (χ0) is 10.4. The van der Waals surface area contributed by atoms with Crippen molar-refractivity contribution in [2.24, 2.45) is 0 Å². The first-order valence-electron chi connectivity index (χ1n) is 4.47. The molecule has 1 aromatic carbocycles. The largest absolute Gasteiger partial charge is 0.299 e. The van der Waals surface area contributed by atoms with Gasteiger partial charge in [-0.25, -0.2) is 9.37 Å². The number of benzene rings is 1. The molecule has 0 unspecified atom stereocenters. The number of fused-ring (bicyclic) bond motifs is 3. The summed E-state index contributed by atoms with van der Waals surface area (Å²) in [5.74, 6) is -0.243. The Bertz CT molecular complexity index is 660. The molecule has 0 spiro atoms. The van der Waals surface area contributed by atoms with Crippen LogP contribution in [0, 0.1) is 5.82 Å².